The molecule has 1 amide bonds. The van der Waals surface area contributed by atoms with Crippen LogP contribution in [-0.4, -0.2) is 47.4 Å². The van der Waals surface area contributed by atoms with Gasteiger partial charge in [-0.15, -0.1) is 0 Å². The van der Waals surface area contributed by atoms with Gasteiger partial charge in [-0.05, 0) is 51.4 Å². The third-order valence-corrected chi connectivity index (χ3v) is 11.8. The normalized spacial score (nSPS) is 12.7. The minimum Gasteiger partial charge on any atom is -0.466 e. The Morgan fingerprint density at radius 2 is 0.825 bits per heavy atom. The van der Waals surface area contributed by atoms with E-state index in [9.17, 15) is 19.8 Å². The number of ether oxygens (including phenoxy) is 1. The average molecular weight is 806 g/mol. The number of allylic oxidation sites excluding steroid dienone is 2. The van der Waals surface area contributed by atoms with Crippen molar-refractivity contribution in [3.05, 3.63) is 12.2 Å². The van der Waals surface area contributed by atoms with Gasteiger partial charge in [0.15, 0.2) is 0 Å². The van der Waals surface area contributed by atoms with Crippen LogP contribution in [0.4, 0.5) is 0 Å². The molecule has 2 unspecified atom stereocenters. The van der Waals surface area contributed by atoms with Gasteiger partial charge in [-0.1, -0.05) is 225 Å². The maximum atomic E-state index is 12.4. The Morgan fingerprint density at radius 1 is 0.474 bits per heavy atom. The van der Waals surface area contributed by atoms with Crippen LogP contribution in [-0.2, 0) is 14.3 Å². The highest BCUT2D eigenvalue weighted by Gasteiger charge is 2.20. The summed E-state index contributed by atoms with van der Waals surface area (Å²) in [4.78, 5) is 24.4. The Kier molecular flexibility index (Phi) is 46.1. The van der Waals surface area contributed by atoms with E-state index in [1.54, 1.807) is 0 Å². The number of hydrogen-bond acceptors (Lipinski definition) is 5. The number of rotatable bonds is 47. The molecule has 0 spiro atoms. The van der Waals surface area contributed by atoms with Crippen molar-refractivity contribution in [3.63, 3.8) is 0 Å². The van der Waals surface area contributed by atoms with E-state index >= 15 is 0 Å². The number of carbonyl (C=O) groups is 2. The summed E-state index contributed by atoms with van der Waals surface area (Å²) in [5, 5.41) is 23.1. The Balaban J connectivity index is 3.40. The number of amides is 1. The Morgan fingerprint density at radius 3 is 1.28 bits per heavy atom. The molecule has 0 aliphatic heterocycles. The highest BCUT2D eigenvalue weighted by molar-refractivity contribution is 5.76. The summed E-state index contributed by atoms with van der Waals surface area (Å²) in [5.41, 5.74) is 0. The molecule has 6 nitrogen and oxygen atoms in total. The highest BCUT2D eigenvalue weighted by Crippen LogP contribution is 2.16. The van der Waals surface area contributed by atoms with E-state index in [-0.39, 0.29) is 18.5 Å². The first-order valence-corrected chi connectivity index (χ1v) is 25.4. The van der Waals surface area contributed by atoms with Gasteiger partial charge in [0.05, 0.1) is 25.4 Å². The van der Waals surface area contributed by atoms with Crippen LogP contribution in [0.5, 0.6) is 0 Å². The molecular weight excluding hydrogens is 707 g/mol. The molecule has 0 aliphatic rings. The van der Waals surface area contributed by atoms with Gasteiger partial charge in [0.2, 0.25) is 5.91 Å². The number of esters is 1. The summed E-state index contributed by atoms with van der Waals surface area (Å²) >= 11 is 0. The van der Waals surface area contributed by atoms with E-state index in [1.165, 1.54) is 199 Å². The van der Waals surface area contributed by atoms with E-state index in [2.05, 4.69) is 31.3 Å². The zero-order valence-corrected chi connectivity index (χ0v) is 38.3. The lowest BCUT2D eigenvalue weighted by Gasteiger charge is -2.22. The second-order valence-corrected chi connectivity index (χ2v) is 17.5. The molecule has 0 aliphatic carbocycles. The van der Waals surface area contributed by atoms with E-state index < -0.39 is 12.1 Å². The predicted molar refractivity (Wildman–Crippen MR) is 246 cm³/mol. The lowest BCUT2D eigenvalue weighted by molar-refractivity contribution is -0.143. The zero-order chi connectivity index (χ0) is 41.5. The van der Waals surface area contributed by atoms with Crippen molar-refractivity contribution in [3.8, 4) is 0 Å². The fourth-order valence-electron chi connectivity index (χ4n) is 7.87. The van der Waals surface area contributed by atoms with E-state index in [4.69, 9.17) is 4.74 Å². The molecule has 0 saturated carbocycles. The van der Waals surface area contributed by atoms with Crippen LogP contribution in [0.1, 0.15) is 277 Å². The maximum Gasteiger partial charge on any atom is 0.305 e. The third kappa shape index (κ3) is 44.0. The Hall–Kier alpha value is -1.40. The first-order valence-electron chi connectivity index (χ1n) is 25.4. The van der Waals surface area contributed by atoms with Gasteiger partial charge in [0, 0.05) is 12.8 Å². The monoisotopic (exact) mass is 806 g/mol. The van der Waals surface area contributed by atoms with E-state index in [0.29, 0.717) is 25.9 Å². The molecule has 0 fully saturated rings. The fourth-order valence-corrected chi connectivity index (χ4v) is 7.87. The topological polar surface area (TPSA) is 95.9 Å². The summed E-state index contributed by atoms with van der Waals surface area (Å²) in [6.07, 6.45) is 53.2. The minimum absolute atomic E-state index is 0.00482. The molecule has 57 heavy (non-hydrogen) atoms. The standard InChI is InChI=1S/C51H99NO5/c1-3-5-7-9-11-13-15-25-29-33-37-41-45-51(56)57-46-42-38-34-30-26-22-20-18-16-17-19-21-24-28-32-36-40-44-50(55)52-48(47-53)49(54)43-39-35-31-27-23-14-12-10-8-6-4-2/h11,13,48-49,53-54H,3-10,12,14-47H2,1-2H3,(H,52,55)/b13-11-. The first-order chi connectivity index (χ1) is 28.0. The number of nitrogens with one attached hydrogen (secondary N) is 1. The highest BCUT2D eigenvalue weighted by atomic mass is 16.5. The van der Waals surface area contributed by atoms with Crippen molar-refractivity contribution in [2.24, 2.45) is 0 Å². The van der Waals surface area contributed by atoms with Crippen LogP contribution in [0.15, 0.2) is 12.2 Å². The van der Waals surface area contributed by atoms with Crippen molar-refractivity contribution in [1.29, 1.82) is 0 Å². The summed E-state index contributed by atoms with van der Waals surface area (Å²) < 4.78 is 5.45. The van der Waals surface area contributed by atoms with Crippen LogP contribution < -0.4 is 5.32 Å². The van der Waals surface area contributed by atoms with Gasteiger partial charge in [-0.2, -0.15) is 0 Å². The SMILES string of the molecule is CCCCC/C=C\CCCCCCCC(=O)OCCCCCCCCCCCCCCCCCCCC(=O)NC(CO)C(O)CCCCCCCCCCCCC. The molecule has 0 rings (SSSR count). The number of carbonyl (C=O) groups excluding carboxylic acids is 2. The second kappa shape index (κ2) is 47.3. The second-order valence-electron chi connectivity index (χ2n) is 17.5. The van der Waals surface area contributed by atoms with Crippen molar-refractivity contribution < 1.29 is 24.5 Å². The lowest BCUT2D eigenvalue weighted by Crippen LogP contribution is -2.45. The Bertz CT molecular complexity index is 847. The van der Waals surface area contributed by atoms with Crippen LogP contribution in [0.3, 0.4) is 0 Å². The lowest BCUT2D eigenvalue weighted by atomic mass is 10.0. The largest absolute Gasteiger partial charge is 0.466 e. The van der Waals surface area contributed by atoms with Gasteiger partial charge >= 0.3 is 5.97 Å². The molecule has 0 aromatic heterocycles. The molecule has 0 bridgehead atoms. The molecule has 338 valence electrons. The van der Waals surface area contributed by atoms with Gasteiger partial charge in [0.1, 0.15) is 0 Å². The number of unbranched alkanes of at least 4 members (excludes halogenated alkanes) is 34. The van der Waals surface area contributed by atoms with Gasteiger partial charge in [0.25, 0.3) is 0 Å². The smallest absolute Gasteiger partial charge is 0.305 e. The molecule has 0 aromatic rings. The molecule has 3 N–H and O–H groups in total. The fraction of sp³-hybridized carbons (Fsp3) is 0.922. The third-order valence-electron chi connectivity index (χ3n) is 11.8. The maximum absolute atomic E-state index is 12.4. The quantitative estimate of drug-likeness (QED) is 0.0323. The van der Waals surface area contributed by atoms with Gasteiger partial charge < -0.3 is 20.3 Å². The number of aliphatic hydroxyl groups excluding tert-OH is 2. The molecule has 0 radical (unpaired) electrons. The summed E-state index contributed by atoms with van der Waals surface area (Å²) in [7, 11) is 0. The first kappa shape index (κ1) is 55.6. The van der Waals surface area contributed by atoms with E-state index in [1.807, 2.05) is 0 Å². The molecule has 2 atom stereocenters. The minimum atomic E-state index is -0.665. The Labute approximate surface area is 355 Å². The van der Waals surface area contributed by atoms with Crippen LogP contribution >= 0.6 is 0 Å². The van der Waals surface area contributed by atoms with Gasteiger partial charge in [-0.3, -0.25) is 9.59 Å². The molecule has 0 aromatic carbocycles. The molecular formula is C51H99NO5. The van der Waals surface area contributed by atoms with Crippen molar-refractivity contribution >= 4 is 11.9 Å². The summed E-state index contributed by atoms with van der Waals surface area (Å²) in [5.74, 6) is -0.0461. The van der Waals surface area contributed by atoms with Gasteiger partial charge in [-0.25, -0.2) is 0 Å². The number of aliphatic hydroxyl groups is 2. The molecule has 0 saturated heterocycles. The van der Waals surface area contributed by atoms with E-state index in [0.717, 1.165) is 44.9 Å². The van der Waals surface area contributed by atoms with Crippen LogP contribution in [0.2, 0.25) is 0 Å². The molecule has 6 heteroatoms. The molecule has 0 heterocycles. The predicted octanol–water partition coefficient (Wildman–Crippen LogP) is 15.0. The number of hydrogen-bond donors (Lipinski definition) is 3. The zero-order valence-electron chi connectivity index (χ0n) is 38.3. The van der Waals surface area contributed by atoms with Crippen LogP contribution in [0, 0.1) is 0 Å². The summed E-state index contributed by atoms with van der Waals surface area (Å²) in [6.45, 7) is 4.91. The van der Waals surface area contributed by atoms with Crippen molar-refractivity contribution in [2.75, 3.05) is 13.2 Å². The average Bonchev–Trinajstić information content (AvgIpc) is 3.21. The summed E-state index contributed by atoms with van der Waals surface area (Å²) in [6, 6.07) is -0.543. The van der Waals surface area contributed by atoms with Crippen molar-refractivity contribution in [2.45, 2.75) is 289 Å². The van der Waals surface area contributed by atoms with Crippen molar-refractivity contribution in [1.82, 2.24) is 5.32 Å². The van der Waals surface area contributed by atoms with Crippen LogP contribution in [0.25, 0.3) is 0 Å².